The molecule has 2 rings (SSSR count). The molecule has 1 aromatic rings. The van der Waals surface area contributed by atoms with Crippen molar-refractivity contribution in [2.45, 2.75) is 26.0 Å². The van der Waals surface area contributed by atoms with Gasteiger partial charge in [0.05, 0.1) is 0 Å². The summed E-state index contributed by atoms with van der Waals surface area (Å²) in [6.45, 7) is 4.25. The zero-order chi connectivity index (χ0) is 13.2. The molecular formula is C13H18F2N2O. The van der Waals surface area contributed by atoms with E-state index in [1.807, 2.05) is 12.1 Å². The summed E-state index contributed by atoms with van der Waals surface area (Å²) >= 11 is 0. The van der Waals surface area contributed by atoms with E-state index in [0.717, 1.165) is 25.3 Å². The van der Waals surface area contributed by atoms with Gasteiger partial charge in [-0.15, -0.1) is 0 Å². The molecule has 1 aliphatic rings. The maximum absolute atomic E-state index is 12.0. The SMILES string of the molecule is CC1(C)CN(c2ccc(OC(F)F)cc2)CCN1. The molecule has 0 spiro atoms. The maximum Gasteiger partial charge on any atom is 0.387 e. The van der Waals surface area contributed by atoms with Crippen LogP contribution in [0.25, 0.3) is 0 Å². The molecule has 1 heterocycles. The largest absolute Gasteiger partial charge is 0.435 e. The van der Waals surface area contributed by atoms with Crippen LogP contribution in [0.5, 0.6) is 5.75 Å². The van der Waals surface area contributed by atoms with Crippen molar-refractivity contribution in [2.75, 3.05) is 24.5 Å². The van der Waals surface area contributed by atoms with Crippen molar-refractivity contribution < 1.29 is 13.5 Å². The van der Waals surface area contributed by atoms with Crippen LogP contribution in [0.4, 0.5) is 14.5 Å². The lowest BCUT2D eigenvalue weighted by atomic mass is 10.0. The lowest BCUT2D eigenvalue weighted by Gasteiger charge is -2.40. The van der Waals surface area contributed by atoms with Crippen LogP contribution in [-0.2, 0) is 0 Å². The van der Waals surface area contributed by atoms with E-state index in [1.165, 1.54) is 0 Å². The first-order chi connectivity index (χ1) is 8.46. The Morgan fingerprint density at radius 2 is 1.94 bits per heavy atom. The number of ether oxygens (including phenoxy) is 1. The summed E-state index contributed by atoms with van der Waals surface area (Å²) < 4.78 is 28.4. The highest BCUT2D eigenvalue weighted by Crippen LogP contribution is 2.23. The third-order valence-electron chi connectivity index (χ3n) is 3.00. The number of hydrogen-bond donors (Lipinski definition) is 1. The number of nitrogens with zero attached hydrogens (tertiary/aromatic N) is 1. The van der Waals surface area contributed by atoms with E-state index in [0.29, 0.717) is 0 Å². The van der Waals surface area contributed by atoms with E-state index < -0.39 is 6.61 Å². The minimum absolute atomic E-state index is 0.0659. The van der Waals surface area contributed by atoms with Gasteiger partial charge >= 0.3 is 6.61 Å². The Balaban J connectivity index is 2.05. The fourth-order valence-corrected chi connectivity index (χ4v) is 2.20. The Hall–Kier alpha value is -1.36. The highest BCUT2D eigenvalue weighted by molar-refractivity contribution is 5.50. The summed E-state index contributed by atoms with van der Waals surface area (Å²) in [4.78, 5) is 2.24. The molecule has 0 saturated carbocycles. The number of benzene rings is 1. The molecule has 1 saturated heterocycles. The van der Waals surface area contributed by atoms with Crippen LogP contribution in [-0.4, -0.2) is 31.8 Å². The first-order valence-corrected chi connectivity index (χ1v) is 6.01. The molecule has 1 N–H and O–H groups in total. The second kappa shape index (κ2) is 5.10. The van der Waals surface area contributed by atoms with Crippen LogP contribution in [0, 0.1) is 0 Å². The van der Waals surface area contributed by atoms with Gasteiger partial charge in [-0.1, -0.05) is 0 Å². The molecule has 1 fully saturated rings. The number of hydrogen-bond acceptors (Lipinski definition) is 3. The van der Waals surface area contributed by atoms with E-state index in [4.69, 9.17) is 0 Å². The number of anilines is 1. The Morgan fingerprint density at radius 3 is 2.50 bits per heavy atom. The van der Waals surface area contributed by atoms with Gasteiger partial charge in [0.25, 0.3) is 0 Å². The summed E-state index contributed by atoms with van der Waals surface area (Å²) in [5, 5.41) is 3.43. The third-order valence-corrected chi connectivity index (χ3v) is 3.00. The summed E-state index contributed by atoms with van der Waals surface area (Å²) in [6.07, 6.45) is 0. The quantitative estimate of drug-likeness (QED) is 0.899. The Kier molecular flexibility index (Phi) is 3.71. The predicted molar refractivity (Wildman–Crippen MR) is 67.4 cm³/mol. The van der Waals surface area contributed by atoms with Crippen LogP contribution in [0.2, 0.25) is 0 Å². The van der Waals surface area contributed by atoms with Gasteiger partial charge in [-0.05, 0) is 38.1 Å². The van der Waals surface area contributed by atoms with Gasteiger partial charge in [-0.2, -0.15) is 8.78 Å². The fourth-order valence-electron chi connectivity index (χ4n) is 2.20. The topological polar surface area (TPSA) is 24.5 Å². The lowest BCUT2D eigenvalue weighted by molar-refractivity contribution is -0.0498. The van der Waals surface area contributed by atoms with E-state index in [1.54, 1.807) is 12.1 Å². The smallest absolute Gasteiger partial charge is 0.387 e. The van der Waals surface area contributed by atoms with Gasteiger partial charge < -0.3 is 15.0 Å². The van der Waals surface area contributed by atoms with Gasteiger partial charge in [0, 0.05) is 30.9 Å². The Bertz CT molecular complexity index is 392. The van der Waals surface area contributed by atoms with Crippen molar-refractivity contribution in [3.05, 3.63) is 24.3 Å². The van der Waals surface area contributed by atoms with E-state index in [2.05, 4.69) is 28.8 Å². The number of halogens is 2. The average molecular weight is 256 g/mol. The zero-order valence-corrected chi connectivity index (χ0v) is 10.6. The van der Waals surface area contributed by atoms with Crippen molar-refractivity contribution in [1.82, 2.24) is 5.32 Å². The summed E-state index contributed by atoms with van der Waals surface area (Å²) in [5.74, 6) is 0.197. The molecule has 0 radical (unpaired) electrons. The van der Waals surface area contributed by atoms with E-state index >= 15 is 0 Å². The molecular weight excluding hydrogens is 238 g/mol. The summed E-state index contributed by atoms with van der Waals surface area (Å²) in [6, 6.07) is 6.80. The number of nitrogens with one attached hydrogen (secondary N) is 1. The molecule has 1 aliphatic heterocycles. The van der Waals surface area contributed by atoms with E-state index in [-0.39, 0.29) is 11.3 Å². The van der Waals surface area contributed by atoms with E-state index in [9.17, 15) is 8.78 Å². The maximum atomic E-state index is 12.0. The second-order valence-corrected chi connectivity index (χ2v) is 5.10. The molecule has 0 amide bonds. The molecule has 5 heteroatoms. The van der Waals surface area contributed by atoms with Crippen molar-refractivity contribution in [3.63, 3.8) is 0 Å². The van der Waals surface area contributed by atoms with Gasteiger partial charge in [0.1, 0.15) is 5.75 Å². The predicted octanol–water partition coefficient (Wildman–Crippen LogP) is 2.48. The van der Waals surface area contributed by atoms with Gasteiger partial charge in [0.15, 0.2) is 0 Å². The average Bonchev–Trinajstić information content (AvgIpc) is 2.28. The van der Waals surface area contributed by atoms with Gasteiger partial charge in [-0.25, -0.2) is 0 Å². The molecule has 0 unspecified atom stereocenters. The van der Waals surface area contributed by atoms with Crippen LogP contribution >= 0.6 is 0 Å². The highest BCUT2D eigenvalue weighted by atomic mass is 19.3. The van der Waals surface area contributed by atoms with Crippen molar-refractivity contribution in [2.24, 2.45) is 0 Å². The Labute approximate surface area is 106 Å². The molecule has 0 aromatic heterocycles. The lowest BCUT2D eigenvalue weighted by Crippen LogP contribution is -2.57. The van der Waals surface area contributed by atoms with Crippen molar-refractivity contribution in [3.8, 4) is 5.75 Å². The van der Waals surface area contributed by atoms with Crippen LogP contribution in [0.1, 0.15) is 13.8 Å². The normalized spacial score (nSPS) is 19.1. The third kappa shape index (κ3) is 3.32. The minimum Gasteiger partial charge on any atom is -0.435 e. The fraction of sp³-hybridized carbons (Fsp3) is 0.538. The number of alkyl halides is 2. The van der Waals surface area contributed by atoms with Crippen molar-refractivity contribution in [1.29, 1.82) is 0 Å². The monoisotopic (exact) mass is 256 g/mol. The molecule has 1 aromatic carbocycles. The van der Waals surface area contributed by atoms with Gasteiger partial charge in [-0.3, -0.25) is 0 Å². The zero-order valence-electron chi connectivity index (χ0n) is 10.6. The minimum atomic E-state index is -2.77. The first kappa shape index (κ1) is 13.1. The highest BCUT2D eigenvalue weighted by Gasteiger charge is 2.25. The second-order valence-electron chi connectivity index (χ2n) is 5.10. The summed E-state index contributed by atoms with van der Waals surface area (Å²) in [7, 11) is 0. The van der Waals surface area contributed by atoms with Crippen LogP contribution in [0.3, 0.4) is 0 Å². The molecule has 100 valence electrons. The molecule has 3 nitrogen and oxygen atoms in total. The Morgan fingerprint density at radius 1 is 1.28 bits per heavy atom. The van der Waals surface area contributed by atoms with Crippen LogP contribution in [0.15, 0.2) is 24.3 Å². The number of rotatable bonds is 3. The standard InChI is InChI=1S/C13H18F2N2O/c1-13(2)9-17(8-7-16-13)10-3-5-11(6-4-10)18-12(14)15/h3-6,12,16H,7-9H2,1-2H3. The molecule has 0 bridgehead atoms. The molecule has 18 heavy (non-hydrogen) atoms. The molecule has 0 aliphatic carbocycles. The molecule has 0 atom stereocenters. The first-order valence-electron chi connectivity index (χ1n) is 6.01. The number of piperazine rings is 1. The van der Waals surface area contributed by atoms with Crippen LogP contribution < -0.4 is 15.0 Å². The van der Waals surface area contributed by atoms with Crippen molar-refractivity contribution >= 4 is 5.69 Å². The van der Waals surface area contributed by atoms with Gasteiger partial charge in [0.2, 0.25) is 0 Å². The summed E-state index contributed by atoms with van der Waals surface area (Å²) in [5.41, 5.74) is 1.10.